The number of benzene rings is 1. The van der Waals surface area contributed by atoms with Crippen molar-refractivity contribution < 1.29 is 25.8 Å². The summed E-state index contributed by atoms with van der Waals surface area (Å²) in [4.78, 5) is 0. The van der Waals surface area contributed by atoms with Gasteiger partial charge in [0.25, 0.3) is 5.88 Å². The lowest BCUT2D eigenvalue weighted by molar-refractivity contribution is -0.0500. The van der Waals surface area contributed by atoms with Crippen LogP contribution in [0.2, 0.25) is 0 Å². The highest BCUT2D eigenvalue weighted by atomic mass is 79.9. The molecule has 98 valence electrons. The van der Waals surface area contributed by atoms with Crippen LogP contribution in [0.15, 0.2) is 22.7 Å². The van der Waals surface area contributed by atoms with E-state index in [4.69, 9.17) is 0 Å². The Morgan fingerprint density at radius 3 is 2.61 bits per heavy atom. The molecule has 0 N–H and O–H groups in total. The average Bonchev–Trinajstić information content (AvgIpc) is 2.58. The summed E-state index contributed by atoms with van der Waals surface area (Å²) >= 11 is 4.02. The molecule has 0 aliphatic rings. The third kappa shape index (κ3) is 2.45. The van der Waals surface area contributed by atoms with E-state index in [1.165, 1.54) is 6.07 Å². The second-order valence-electron chi connectivity index (χ2n) is 3.11. The van der Waals surface area contributed by atoms with Crippen molar-refractivity contribution in [3.05, 3.63) is 22.7 Å². The Labute approximate surface area is 112 Å². The van der Waals surface area contributed by atoms with Crippen LogP contribution in [-0.2, 0) is 10.1 Å². The fourth-order valence-corrected chi connectivity index (χ4v) is 2.84. The largest absolute Gasteiger partial charge is 0.534 e. The third-order valence-electron chi connectivity index (χ3n) is 1.87. The number of nitrogens with zero attached hydrogens (tertiary/aromatic N) is 1. The highest BCUT2D eigenvalue weighted by Crippen LogP contribution is 2.34. The van der Waals surface area contributed by atoms with E-state index in [0.717, 1.165) is 11.5 Å². The van der Waals surface area contributed by atoms with Crippen LogP contribution in [0, 0.1) is 0 Å². The number of alkyl halides is 3. The van der Waals surface area contributed by atoms with E-state index >= 15 is 0 Å². The number of fused-ring (bicyclic) bond motifs is 1. The Morgan fingerprint density at radius 1 is 1.33 bits per heavy atom. The Kier molecular flexibility index (Phi) is 3.28. The van der Waals surface area contributed by atoms with Gasteiger partial charge in [0.15, 0.2) is 0 Å². The van der Waals surface area contributed by atoms with Gasteiger partial charge in [-0.2, -0.15) is 26.0 Å². The minimum Gasteiger partial charge on any atom is -0.354 e. The molecule has 0 amide bonds. The van der Waals surface area contributed by atoms with E-state index in [2.05, 4.69) is 24.5 Å². The standard InChI is InChI=1S/C8H3BrF3NO3S2/c9-4-1-2-5-6(3-4)17-13-7(5)16-18(14,15)8(10,11)12/h1-3H. The Bertz CT molecular complexity index is 695. The van der Waals surface area contributed by atoms with Crippen molar-refractivity contribution in [2.45, 2.75) is 5.51 Å². The molecule has 0 saturated carbocycles. The molecule has 4 nitrogen and oxygen atoms in total. The summed E-state index contributed by atoms with van der Waals surface area (Å²) in [6.45, 7) is 0. The van der Waals surface area contributed by atoms with Crippen LogP contribution in [0.3, 0.4) is 0 Å². The highest BCUT2D eigenvalue weighted by Gasteiger charge is 2.49. The minimum absolute atomic E-state index is 0.205. The van der Waals surface area contributed by atoms with Gasteiger partial charge in [0, 0.05) is 4.47 Å². The molecule has 1 heterocycles. The fourth-order valence-electron chi connectivity index (χ4n) is 1.10. The summed E-state index contributed by atoms with van der Waals surface area (Å²) in [7, 11) is -5.69. The first-order valence-electron chi connectivity index (χ1n) is 4.26. The molecule has 0 unspecified atom stereocenters. The lowest BCUT2D eigenvalue weighted by Crippen LogP contribution is -2.28. The molecule has 0 saturated heterocycles. The Morgan fingerprint density at radius 2 is 2.00 bits per heavy atom. The molecule has 10 heteroatoms. The average molecular weight is 362 g/mol. The molecular weight excluding hydrogens is 359 g/mol. The van der Waals surface area contributed by atoms with Crippen molar-refractivity contribution in [2.75, 3.05) is 0 Å². The molecule has 0 radical (unpaired) electrons. The SMILES string of the molecule is O=S(=O)(Oc1nsc2cc(Br)ccc12)C(F)(F)F. The van der Waals surface area contributed by atoms with Gasteiger partial charge in [-0.15, -0.1) is 0 Å². The van der Waals surface area contributed by atoms with Crippen LogP contribution < -0.4 is 4.18 Å². The lowest BCUT2D eigenvalue weighted by Gasteiger charge is -2.07. The molecule has 0 aliphatic carbocycles. The summed E-state index contributed by atoms with van der Waals surface area (Å²) in [5, 5.41) is 0.205. The van der Waals surface area contributed by atoms with Gasteiger partial charge < -0.3 is 4.18 Å². The number of rotatable bonds is 2. The van der Waals surface area contributed by atoms with Crippen LogP contribution in [0.5, 0.6) is 5.88 Å². The Balaban J connectivity index is 2.45. The van der Waals surface area contributed by atoms with E-state index in [1.807, 2.05) is 0 Å². The molecule has 1 aromatic carbocycles. The molecule has 0 bridgehead atoms. The molecule has 0 atom stereocenters. The van der Waals surface area contributed by atoms with Crippen molar-refractivity contribution in [3.8, 4) is 5.88 Å². The lowest BCUT2D eigenvalue weighted by atomic mass is 10.3. The quantitative estimate of drug-likeness (QED) is 0.608. The van der Waals surface area contributed by atoms with Gasteiger partial charge in [-0.3, -0.25) is 0 Å². The van der Waals surface area contributed by atoms with Gasteiger partial charge in [-0.05, 0) is 29.7 Å². The maximum absolute atomic E-state index is 12.1. The van der Waals surface area contributed by atoms with E-state index in [9.17, 15) is 21.6 Å². The molecule has 1 aromatic heterocycles. The predicted molar refractivity (Wildman–Crippen MR) is 62.9 cm³/mol. The van der Waals surface area contributed by atoms with Crippen LogP contribution >= 0.6 is 27.5 Å². The van der Waals surface area contributed by atoms with Crippen molar-refractivity contribution in [1.29, 1.82) is 0 Å². The topological polar surface area (TPSA) is 56.3 Å². The first-order chi connectivity index (χ1) is 8.21. The zero-order chi connectivity index (χ0) is 13.6. The second kappa shape index (κ2) is 4.35. The molecule has 0 fully saturated rings. The molecule has 2 rings (SSSR count). The van der Waals surface area contributed by atoms with E-state index in [1.54, 1.807) is 12.1 Å². The van der Waals surface area contributed by atoms with Crippen LogP contribution in [0.1, 0.15) is 0 Å². The minimum atomic E-state index is -5.69. The second-order valence-corrected chi connectivity index (χ2v) is 6.37. The van der Waals surface area contributed by atoms with Crippen molar-refractivity contribution in [1.82, 2.24) is 4.37 Å². The van der Waals surface area contributed by atoms with E-state index in [-0.39, 0.29) is 5.39 Å². The van der Waals surface area contributed by atoms with Crippen LogP contribution in [-0.4, -0.2) is 18.3 Å². The first kappa shape index (κ1) is 13.6. The van der Waals surface area contributed by atoms with E-state index < -0.39 is 21.5 Å². The number of halogens is 4. The highest BCUT2D eigenvalue weighted by molar-refractivity contribution is 9.10. The van der Waals surface area contributed by atoms with Gasteiger partial charge in [-0.1, -0.05) is 15.9 Å². The number of hydrogen-bond acceptors (Lipinski definition) is 5. The molecule has 2 aromatic rings. The summed E-state index contributed by atoms with van der Waals surface area (Å²) < 4.78 is 66.9. The number of aromatic nitrogens is 1. The van der Waals surface area contributed by atoms with Crippen molar-refractivity contribution in [3.63, 3.8) is 0 Å². The monoisotopic (exact) mass is 361 g/mol. The fraction of sp³-hybridized carbons (Fsp3) is 0.125. The van der Waals surface area contributed by atoms with Crippen molar-refractivity contribution in [2.24, 2.45) is 0 Å². The summed E-state index contributed by atoms with van der Waals surface area (Å²) in [5.74, 6) is -0.570. The maximum Gasteiger partial charge on any atom is 0.534 e. The smallest absolute Gasteiger partial charge is 0.354 e. The van der Waals surface area contributed by atoms with Gasteiger partial charge in [0.05, 0.1) is 10.1 Å². The molecule has 0 spiro atoms. The van der Waals surface area contributed by atoms with Crippen LogP contribution in [0.4, 0.5) is 13.2 Å². The summed E-state index contributed by atoms with van der Waals surface area (Å²) in [5.41, 5.74) is -5.47. The van der Waals surface area contributed by atoms with Gasteiger partial charge >= 0.3 is 15.6 Å². The summed E-state index contributed by atoms with van der Waals surface area (Å²) in [6, 6.07) is 4.56. The zero-order valence-corrected chi connectivity index (χ0v) is 11.5. The molecular formula is C8H3BrF3NO3S2. The Hall–Kier alpha value is -0.870. The predicted octanol–water partition coefficient (Wildman–Crippen LogP) is 3.29. The van der Waals surface area contributed by atoms with E-state index in [0.29, 0.717) is 9.17 Å². The number of hydrogen-bond donors (Lipinski definition) is 0. The van der Waals surface area contributed by atoms with Crippen LogP contribution in [0.25, 0.3) is 10.1 Å². The molecule has 0 aliphatic heterocycles. The normalized spacial score (nSPS) is 12.9. The van der Waals surface area contributed by atoms with Gasteiger partial charge in [0.2, 0.25) is 0 Å². The molecule has 18 heavy (non-hydrogen) atoms. The van der Waals surface area contributed by atoms with Crippen molar-refractivity contribution >= 4 is 47.7 Å². The van der Waals surface area contributed by atoms with Gasteiger partial charge in [0.1, 0.15) is 0 Å². The first-order valence-corrected chi connectivity index (χ1v) is 7.24. The third-order valence-corrected chi connectivity index (χ3v) is 4.10. The van der Waals surface area contributed by atoms with Gasteiger partial charge in [-0.25, -0.2) is 0 Å². The maximum atomic E-state index is 12.1. The summed E-state index contributed by atoms with van der Waals surface area (Å²) in [6.07, 6.45) is 0. The zero-order valence-electron chi connectivity index (χ0n) is 8.23.